The lowest BCUT2D eigenvalue weighted by atomic mass is 9.87. The Labute approximate surface area is 136 Å². The molecule has 1 atom stereocenters. The van der Waals surface area contributed by atoms with Crippen LogP contribution in [-0.2, 0) is 4.79 Å². The molecule has 0 saturated carbocycles. The second-order valence-electron chi connectivity index (χ2n) is 6.79. The van der Waals surface area contributed by atoms with Crippen LogP contribution < -0.4 is 0 Å². The summed E-state index contributed by atoms with van der Waals surface area (Å²) in [5, 5.41) is 18.7. The molecule has 0 bridgehead atoms. The van der Waals surface area contributed by atoms with Crippen molar-refractivity contribution < 1.29 is 15.0 Å². The molecule has 128 valence electrons. The quantitative estimate of drug-likeness (QED) is 0.403. The maximum absolute atomic E-state index is 11.0. The van der Waals surface area contributed by atoms with E-state index in [1.54, 1.807) is 13.8 Å². The van der Waals surface area contributed by atoms with Gasteiger partial charge < -0.3 is 10.2 Å². The predicted molar refractivity (Wildman–Crippen MR) is 91.7 cm³/mol. The topological polar surface area (TPSA) is 57.5 Å². The molecule has 0 unspecified atom stereocenters. The molecule has 0 radical (unpaired) electrons. The molecule has 0 aromatic rings. The number of rotatable bonds is 12. The van der Waals surface area contributed by atoms with Crippen LogP contribution in [0.25, 0.3) is 0 Å². The van der Waals surface area contributed by atoms with E-state index in [-0.39, 0.29) is 0 Å². The van der Waals surface area contributed by atoms with Gasteiger partial charge in [-0.2, -0.15) is 0 Å². The highest BCUT2D eigenvalue weighted by Gasteiger charge is 2.25. The summed E-state index contributed by atoms with van der Waals surface area (Å²) in [4.78, 5) is 11.0. The molecule has 0 rings (SSSR count). The average molecular weight is 310 g/mol. The molecule has 3 nitrogen and oxygen atoms in total. The van der Waals surface area contributed by atoms with Crippen LogP contribution in [-0.4, -0.2) is 22.3 Å². The number of aliphatic carboxylic acids is 1. The maximum atomic E-state index is 11.0. The highest BCUT2D eigenvalue weighted by molar-refractivity contribution is 5.73. The summed E-state index contributed by atoms with van der Waals surface area (Å²) in [5.41, 5.74) is -0.588. The number of aliphatic hydroxyl groups is 1. The fourth-order valence-electron chi connectivity index (χ4n) is 2.28. The smallest absolute Gasteiger partial charge is 0.309 e. The molecule has 0 aromatic carbocycles. The summed E-state index contributed by atoms with van der Waals surface area (Å²) < 4.78 is 0. The highest BCUT2D eigenvalue weighted by Crippen LogP contribution is 2.24. The first kappa shape index (κ1) is 21.0. The van der Waals surface area contributed by atoms with Crippen LogP contribution >= 0.6 is 0 Å². The van der Waals surface area contributed by atoms with Gasteiger partial charge in [0.1, 0.15) is 6.10 Å². The Morgan fingerprint density at radius 1 is 1.05 bits per heavy atom. The van der Waals surface area contributed by atoms with Crippen molar-refractivity contribution in [2.24, 2.45) is 5.41 Å². The lowest BCUT2D eigenvalue weighted by Gasteiger charge is -2.18. The first-order chi connectivity index (χ1) is 10.4. The van der Waals surface area contributed by atoms with Crippen molar-refractivity contribution in [1.29, 1.82) is 0 Å². The van der Waals surface area contributed by atoms with Gasteiger partial charge in [-0.1, -0.05) is 51.4 Å². The molecule has 22 heavy (non-hydrogen) atoms. The molecule has 0 aromatic heterocycles. The average Bonchev–Trinajstić information content (AvgIpc) is 2.45. The number of hydrogen-bond donors (Lipinski definition) is 2. The Hall–Kier alpha value is -1.01. The number of unbranched alkanes of at least 4 members (excludes halogenated alkanes) is 7. The van der Waals surface area contributed by atoms with Crippen molar-refractivity contribution in [3.8, 4) is 11.8 Å². The third-order valence-corrected chi connectivity index (χ3v) is 4.00. The monoisotopic (exact) mass is 310 g/mol. The summed E-state index contributed by atoms with van der Waals surface area (Å²) in [6.45, 7) is 5.68. The van der Waals surface area contributed by atoms with Crippen LogP contribution in [0.3, 0.4) is 0 Å². The number of hydrogen-bond acceptors (Lipinski definition) is 2. The number of carboxylic acids is 1. The van der Waals surface area contributed by atoms with Crippen LogP contribution in [0.4, 0.5) is 0 Å². The first-order valence-electron chi connectivity index (χ1n) is 8.80. The van der Waals surface area contributed by atoms with E-state index >= 15 is 0 Å². The van der Waals surface area contributed by atoms with Crippen molar-refractivity contribution in [3.63, 3.8) is 0 Å². The Morgan fingerprint density at radius 3 is 2.14 bits per heavy atom. The summed E-state index contributed by atoms with van der Waals surface area (Å²) in [6, 6.07) is 0. The van der Waals surface area contributed by atoms with Gasteiger partial charge in [-0.3, -0.25) is 4.79 Å². The molecule has 0 fully saturated rings. The van der Waals surface area contributed by atoms with Gasteiger partial charge in [0, 0.05) is 6.42 Å². The van der Waals surface area contributed by atoms with Crippen LogP contribution in [0, 0.1) is 17.3 Å². The van der Waals surface area contributed by atoms with Crippen LogP contribution in [0.2, 0.25) is 0 Å². The van der Waals surface area contributed by atoms with E-state index in [0.717, 1.165) is 51.4 Å². The SMILES string of the molecule is CCCC#C[C@H](O)CCCCCCCCCC(C)(C)C(=O)O. The van der Waals surface area contributed by atoms with E-state index in [1.807, 2.05) is 0 Å². The summed E-state index contributed by atoms with van der Waals surface area (Å²) in [6.07, 6.45) is 10.9. The fraction of sp³-hybridized carbons (Fsp3) is 0.842. The van der Waals surface area contributed by atoms with E-state index in [4.69, 9.17) is 5.11 Å². The molecule has 0 aliphatic rings. The maximum Gasteiger partial charge on any atom is 0.309 e. The minimum absolute atomic E-state index is 0.454. The van der Waals surface area contributed by atoms with E-state index in [9.17, 15) is 9.90 Å². The number of aliphatic hydroxyl groups excluding tert-OH is 1. The second-order valence-corrected chi connectivity index (χ2v) is 6.79. The molecule has 0 aliphatic carbocycles. The molecule has 0 heterocycles. The number of carbonyl (C=O) groups is 1. The highest BCUT2D eigenvalue weighted by atomic mass is 16.4. The third-order valence-electron chi connectivity index (χ3n) is 4.00. The largest absolute Gasteiger partial charge is 0.481 e. The molecule has 0 spiro atoms. The molecule has 2 N–H and O–H groups in total. The van der Waals surface area contributed by atoms with Gasteiger partial charge in [0.25, 0.3) is 0 Å². The zero-order chi connectivity index (χ0) is 16.8. The van der Waals surface area contributed by atoms with Gasteiger partial charge in [-0.25, -0.2) is 0 Å². The third kappa shape index (κ3) is 11.6. The zero-order valence-electron chi connectivity index (χ0n) is 14.7. The molecular weight excluding hydrogens is 276 g/mol. The molecule has 3 heteroatoms. The normalized spacial score (nSPS) is 12.5. The van der Waals surface area contributed by atoms with Crippen LogP contribution in [0.5, 0.6) is 0 Å². The van der Waals surface area contributed by atoms with E-state index < -0.39 is 17.5 Å². The van der Waals surface area contributed by atoms with Crippen molar-refractivity contribution in [1.82, 2.24) is 0 Å². The van der Waals surface area contributed by atoms with Gasteiger partial charge in [0.15, 0.2) is 0 Å². The minimum atomic E-state index is -0.701. The zero-order valence-corrected chi connectivity index (χ0v) is 14.7. The van der Waals surface area contributed by atoms with Crippen molar-refractivity contribution in [3.05, 3.63) is 0 Å². The van der Waals surface area contributed by atoms with Crippen LogP contribution in [0.15, 0.2) is 0 Å². The van der Waals surface area contributed by atoms with Gasteiger partial charge in [-0.05, 0) is 39.5 Å². The lowest BCUT2D eigenvalue weighted by molar-refractivity contribution is -0.147. The van der Waals surface area contributed by atoms with E-state index in [1.165, 1.54) is 19.3 Å². The summed E-state index contributed by atoms with van der Waals surface area (Å²) in [5.74, 6) is 5.17. The fourth-order valence-corrected chi connectivity index (χ4v) is 2.28. The Balaban J connectivity index is 3.41. The van der Waals surface area contributed by atoms with Crippen molar-refractivity contribution in [2.75, 3.05) is 0 Å². The number of carboxylic acid groups (broad SMARTS) is 1. The molecule has 0 saturated heterocycles. The Morgan fingerprint density at radius 2 is 1.59 bits per heavy atom. The summed E-state index contributed by atoms with van der Waals surface area (Å²) in [7, 11) is 0. The Bertz CT molecular complexity index is 349. The lowest BCUT2D eigenvalue weighted by Crippen LogP contribution is -2.23. The van der Waals surface area contributed by atoms with Gasteiger partial charge >= 0.3 is 5.97 Å². The molecule has 0 amide bonds. The molecular formula is C19H34O3. The van der Waals surface area contributed by atoms with Crippen molar-refractivity contribution in [2.45, 2.75) is 97.5 Å². The van der Waals surface area contributed by atoms with E-state index in [2.05, 4.69) is 18.8 Å². The summed E-state index contributed by atoms with van der Waals surface area (Å²) >= 11 is 0. The minimum Gasteiger partial charge on any atom is -0.481 e. The Kier molecular flexibility index (Phi) is 12.0. The predicted octanol–water partition coefficient (Wildman–Crippen LogP) is 4.77. The second kappa shape index (κ2) is 12.5. The van der Waals surface area contributed by atoms with Gasteiger partial charge in [0.05, 0.1) is 5.41 Å². The van der Waals surface area contributed by atoms with Gasteiger partial charge in [0.2, 0.25) is 0 Å². The molecule has 0 aliphatic heterocycles. The van der Waals surface area contributed by atoms with Crippen molar-refractivity contribution >= 4 is 5.97 Å². The van der Waals surface area contributed by atoms with Crippen LogP contribution in [0.1, 0.15) is 91.4 Å². The first-order valence-corrected chi connectivity index (χ1v) is 8.80. The standard InChI is InChI=1S/C19H34O3/c1-4-5-11-14-17(20)15-12-9-7-6-8-10-13-16-19(2,3)18(21)22/h17,20H,4-10,12-13,15-16H2,1-3H3,(H,21,22)/t17-/m0/s1. The van der Waals surface area contributed by atoms with Gasteiger partial charge in [-0.15, -0.1) is 5.92 Å². The van der Waals surface area contributed by atoms with E-state index in [0.29, 0.717) is 0 Å².